The number of allylic oxidation sites excluding steroid dienone is 5. The highest BCUT2D eigenvalue weighted by Gasteiger charge is 2.39. The quantitative estimate of drug-likeness (QED) is 0.370. The third-order valence-electron chi connectivity index (χ3n) is 7.92. The lowest BCUT2D eigenvalue weighted by Gasteiger charge is -2.41. The molecular weight excluding hydrogens is 376 g/mol. The van der Waals surface area contributed by atoms with E-state index >= 15 is 0 Å². The van der Waals surface area contributed by atoms with Crippen LogP contribution in [0.1, 0.15) is 85.3 Å². The summed E-state index contributed by atoms with van der Waals surface area (Å²) in [4.78, 5) is 13.2. The molecule has 1 unspecified atom stereocenters. The molecule has 0 N–H and O–H groups in total. The molecule has 2 bridgehead atoms. The van der Waals surface area contributed by atoms with Crippen LogP contribution in [0.4, 0.5) is 0 Å². The van der Waals surface area contributed by atoms with Crippen LogP contribution in [0, 0.1) is 11.3 Å². The van der Waals surface area contributed by atoms with E-state index in [9.17, 15) is 4.79 Å². The zero-order chi connectivity index (χ0) is 21.4. The van der Waals surface area contributed by atoms with Gasteiger partial charge in [0.1, 0.15) is 0 Å². The Bertz CT molecular complexity index is 1080. The minimum atomic E-state index is 0.100. The van der Waals surface area contributed by atoms with Gasteiger partial charge in [-0.05, 0) is 91.0 Å². The fraction of sp³-hybridized carbons (Fsp3) is 0.367. The molecule has 0 radical (unpaired) electrons. The maximum absolute atomic E-state index is 13.2. The van der Waals surface area contributed by atoms with Crippen molar-refractivity contribution in [1.82, 2.24) is 0 Å². The Hall–Kier alpha value is -2.67. The minimum Gasteiger partial charge on any atom is -0.289 e. The number of benzene rings is 2. The van der Waals surface area contributed by atoms with Crippen molar-refractivity contribution in [3.8, 4) is 0 Å². The smallest absolute Gasteiger partial charge is 0.193 e. The van der Waals surface area contributed by atoms with Crippen LogP contribution in [-0.4, -0.2) is 5.78 Å². The molecule has 3 aliphatic rings. The Labute approximate surface area is 186 Å². The fourth-order valence-corrected chi connectivity index (χ4v) is 6.23. The standard InChI is InChI=1S/C30H32O/c1-3-30(16-8-11-22-9-7-10-23(18-22)20-30)28-17-21(2)26-15-14-25(19-27(26)28)29(31)24-12-5-4-6-13-24/h4-6,11-15,17,19,23H,2-3,7-10,16,18,20H2,1H3/t23?,30-/m1/s1. The predicted molar refractivity (Wildman–Crippen MR) is 130 cm³/mol. The van der Waals surface area contributed by atoms with Crippen LogP contribution in [0.15, 0.2) is 72.8 Å². The second-order valence-corrected chi connectivity index (χ2v) is 9.74. The summed E-state index contributed by atoms with van der Waals surface area (Å²) >= 11 is 0. The van der Waals surface area contributed by atoms with E-state index in [1.807, 2.05) is 36.4 Å². The molecule has 2 atom stereocenters. The van der Waals surface area contributed by atoms with E-state index in [0.717, 1.165) is 35.5 Å². The van der Waals surface area contributed by atoms with Gasteiger partial charge >= 0.3 is 0 Å². The minimum absolute atomic E-state index is 0.100. The Morgan fingerprint density at radius 3 is 2.74 bits per heavy atom. The number of carbonyl (C=O) groups is 1. The van der Waals surface area contributed by atoms with Crippen molar-refractivity contribution in [3.63, 3.8) is 0 Å². The van der Waals surface area contributed by atoms with Crippen LogP contribution in [0.2, 0.25) is 0 Å². The lowest BCUT2D eigenvalue weighted by molar-refractivity contribution is 0.103. The Balaban J connectivity index is 1.55. The zero-order valence-electron chi connectivity index (χ0n) is 18.6. The van der Waals surface area contributed by atoms with Crippen LogP contribution in [0.3, 0.4) is 0 Å². The van der Waals surface area contributed by atoms with Gasteiger partial charge in [0, 0.05) is 11.1 Å². The molecule has 0 saturated heterocycles. The molecule has 158 valence electrons. The van der Waals surface area contributed by atoms with Crippen LogP contribution >= 0.6 is 0 Å². The molecule has 1 saturated carbocycles. The molecule has 5 rings (SSSR count). The highest BCUT2D eigenvalue weighted by atomic mass is 16.1. The highest BCUT2D eigenvalue weighted by molar-refractivity contribution is 6.10. The number of hydrogen-bond acceptors (Lipinski definition) is 1. The molecule has 1 nitrogen and oxygen atoms in total. The van der Waals surface area contributed by atoms with Gasteiger partial charge in [-0.1, -0.05) is 73.7 Å². The van der Waals surface area contributed by atoms with Gasteiger partial charge < -0.3 is 0 Å². The molecule has 2 aromatic carbocycles. The van der Waals surface area contributed by atoms with E-state index in [4.69, 9.17) is 0 Å². The first kappa shape index (κ1) is 20.2. The molecule has 1 fully saturated rings. The lowest BCUT2D eigenvalue weighted by atomic mass is 9.63. The van der Waals surface area contributed by atoms with Gasteiger partial charge in [-0.15, -0.1) is 0 Å². The van der Waals surface area contributed by atoms with Crippen molar-refractivity contribution >= 4 is 16.9 Å². The zero-order valence-corrected chi connectivity index (χ0v) is 18.6. The Kier molecular flexibility index (Phi) is 5.30. The van der Waals surface area contributed by atoms with Gasteiger partial charge in [0.25, 0.3) is 0 Å². The van der Waals surface area contributed by atoms with Gasteiger partial charge in [-0.25, -0.2) is 0 Å². The number of rotatable bonds is 4. The molecule has 31 heavy (non-hydrogen) atoms. The topological polar surface area (TPSA) is 17.1 Å². The molecule has 1 heteroatoms. The third-order valence-corrected chi connectivity index (χ3v) is 7.92. The summed E-state index contributed by atoms with van der Waals surface area (Å²) in [6, 6.07) is 15.9. The first-order valence-electron chi connectivity index (χ1n) is 11.9. The summed E-state index contributed by atoms with van der Waals surface area (Å²) in [5.41, 5.74) is 8.37. The Morgan fingerprint density at radius 2 is 1.94 bits per heavy atom. The number of carbonyl (C=O) groups excluding carboxylic acids is 1. The molecule has 0 aliphatic heterocycles. The van der Waals surface area contributed by atoms with Gasteiger partial charge in [-0.3, -0.25) is 4.79 Å². The molecule has 0 heterocycles. The number of fused-ring (bicyclic) bond motifs is 3. The summed E-state index contributed by atoms with van der Waals surface area (Å²) in [7, 11) is 0. The van der Waals surface area contributed by atoms with E-state index in [2.05, 4.69) is 37.8 Å². The number of hydrogen-bond donors (Lipinski definition) is 0. The SMILES string of the molecule is C=C1C=C([C@]2(CC)CCC=C3CCCC(C3)C2)c2cc(C(=O)c3ccccc3)ccc21. The molecular formula is C30H32O. The van der Waals surface area contributed by atoms with Crippen LogP contribution in [0.25, 0.3) is 11.1 Å². The maximum Gasteiger partial charge on any atom is 0.193 e. The van der Waals surface area contributed by atoms with Gasteiger partial charge in [0.05, 0.1) is 0 Å². The monoisotopic (exact) mass is 408 g/mol. The van der Waals surface area contributed by atoms with Gasteiger partial charge in [0.15, 0.2) is 5.78 Å². The summed E-state index contributed by atoms with van der Waals surface area (Å²) < 4.78 is 0. The fourth-order valence-electron chi connectivity index (χ4n) is 6.23. The van der Waals surface area contributed by atoms with E-state index in [1.54, 1.807) is 5.57 Å². The first-order valence-corrected chi connectivity index (χ1v) is 11.9. The van der Waals surface area contributed by atoms with Crippen LogP contribution in [0.5, 0.6) is 0 Å². The van der Waals surface area contributed by atoms with E-state index < -0.39 is 0 Å². The normalized spacial score (nSPS) is 25.2. The summed E-state index contributed by atoms with van der Waals surface area (Å²) in [5, 5.41) is 0. The molecule has 2 aromatic rings. The molecule has 0 amide bonds. The summed E-state index contributed by atoms with van der Waals surface area (Å²) in [5.74, 6) is 0.885. The van der Waals surface area contributed by atoms with E-state index in [0.29, 0.717) is 0 Å². The summed E-state index contributed by atoms with van der Waals surface area (Å²) in [6.07, 6.45) is 14.9. The molecule has 3 aliphatic carbocycles. The number of ketones is 1. The largest absolute Gasteiger partial charge is 0.289 e. The van der Waals surface area contributed by atoms with Crippen LogP contribution < -0.4 is 0 Å². The van der Waals surface area contributed by atoms with Crippen molar-refractivity contribution in [3.05, 3.63) is 95.1 Å². The second-order valence-electron chi connectivity index (χ2n) is 9.74. The van der Waals surface area contributed by atoms with Gasteiger partial charge in [-0.2, -0.15) is 0 Å². The van der Waals surface area contributed by atoms with Crippen molar-refractivity contribution in [2.45, 2.75) is 58.3 Å². The second kappa shape index (κ2) is 8.11. The average molecular weight is 409 g/mol. The average Bonchev–Trinajstić information content (AvgIpc) is 3.14. The van der Waals surface area contributed by atoms with Crippen molar-refractivity contribution < 1.29 is 4.79 Å². The molecule has 0 aromatic heterocycles. The molecule has 0 spiro atoms. The first-order chi connectivity index (χ1) is 15.1. The van der Waals surface area contributed by atoms with E-state index in [-0.39, 0.29) is 11.2 Å². The predicted octanol–water partition coefficient (Wildman–Crippen LogP) is 8.02. The van der Waals surface area contributed by atoms with Crippen molar-refractivity contribution in [2.24, 2.45) is 11.3 Å². The highest BCUT2D eigenvalue weighted by Crippen LogP contribution is 2.54. The van der Waals surface area contributed by atoms with Crippen molar-refractivity contribution in [2.75, 3.05) is 0 Å². The Morgan fingerprint density at radius 1 is 1.10 bits per heavy atom. The maximum atomic E-state index is 13.2. The summed E-state index contributed by atoms with van der Waals surface area (Å²) in [6.45, 7) is 6.73. The van der Waals surface area contributed by atoms with Gasteiger partial charge in [0.2, 0.25) is 0 Å². The van der Waals surface area contributed by atoms with E-state index in [1.165, 1.54) is 55.2 Å². The lowest BCUT2D eigenvalue weighted by Crippen LogP contribution is -2.28. The van der Waals surface area contributed by atoms with Crippen molar-refractivity contribution in [1.29, 1.82) is 0 Å². The van der Waals surface area contributed by atoms with Crippen LogP contribution in [-0.2, 0) is 0 Å². The third kappa shape index (κ3) is 3.65.